The smallest absolute Gasteiger partial charge is 0.277 e. The number of rotatable bonds is 5. The fourth-order valence-corrected chi connectivity index (χ4v) is 3.73. The Morgan fingerprint density at radius 1 is 1.12 bits per heavy atom. The van der Waals surface area contributed by atoms with Crippen molar-refractivity contribution in [3.8, 4) is 28.7 Å². The van der Waals surface area contributed by atoms with Crippen molar-refractivity contribution in [1.29, 1.82) is 0 Å². The summed E-state index contributed by atoms with van der Waals surface area (Å²) in [6, 6.07) is 11.4. The minimum Gasteiger partial charge on any atom is -0.497 e. The summed E-state index contributed by atoms with van der Waals surface area (Å²) in [5.74, 6) is 3.44. The van der Waals surface area contributed by atoms with Gasteiger partial charge in [-0.05, 0) is 42.0 Å². The number of methoxy groups -OCH3 is 1. The predicted molar refractivity (Wildman–Crippen MR) is 96.1 cm³/mol. The van der Waals surface area contributed by atoms with Gasteiger partial charge in [0.15, 0.2) is 11.5 Å². The third-order valence-electron chi connectivity index (χ3n) is 3.64. The van der Waals surface area contributed by atoms with Crippen molar-refractivity contribution < 1.29 is 18.6 Å². The number of hydrogen-bond donors (Lipinski definition) is 0. The van der Waals surface area contributed by atoms with Gasteiger partial charge in [0.05, 0.1) is 7.11 Å². The molecule has 6 nitrogen and oxygen atoms in total. The Morgan fingerprint density at radius 2 is 1.88 bits per heavy atom. The van der Waals surface area contributed by atoms with Gasteiger partial charge < -0.3 is 18.6 Å². The topological polar surface area (TPSA) is 66.6 Å². The van der Waals surface area contributed by atoms with Gasteiger partial charge in [-0.15, -0.1) is 10.2 Å². The van der Waals surface area contributed by atoms with E-state index < -0.39 is 0 Å². The molecule has 0 saturated carbocycles. The van der Waals surface area contributed by atoms with Crippen LogP contribution in [0.2, 0.25) is 0 Å². The Hall–Kier alpha value is -2.19. The van der Waals surface area contributed by atoms with Crippen molar-refractivity contribution >= 4 is 27.7 Å². The second-order valence-electron chi connectivity index (χ2n) is 5.19. The fraction of sp³-hybridized carbons (Fsp3) is 0.176. The van der Waals surface area contributed by atoms with Crippen LogP contribution in [0.15, 0.2) is 50.5 Å². The molecule has 0 atom stereocenters. The first-order chi connectivity index (χ1) is 12.2. The molecule has 1 aliphatic rings. The molecule has 3 aromatic rings. The largest absolute Gasteiger partial charge is 0.497 e. The predicted octanol–water partition coefficient (Wildman–Crippen LogP) is 4.53. The second-order valence-corrected chi connectivity index (χ2v) is 6.97. The van der Waals surface area contributed by atoms with Gasteiger partial charge in [0.25, 0.3) is 5.22 Å². The summed E-state index contributed by atoms with van der Waals surface area (Å²) in [5.41, 5.74) is 1.92. The number of benzene rings is 2. The van der Waals surface area contributed by atoms with Gasteiger partial charge in [-0.2, -0.15) is 0 Å². The maximum atomic E-state index is 5.73. The van der Waals surface area contributed by atoms with Gasteiger partial charge >= 0.3 is 0 Å². The number of hydrogen-bond acceptors (Lipinski definition) is 7. The highest BCUT2D eigenvalue weighted by Crippen LogP contribution is 2.39. The molecule has 0 saturated heterocycles. The maximum Gasteiger partial charge on any atom is 0.277 e. The number of thioether (sulfide) groups is 1. The molecule has 0 bridgehead atoms. The Labute approximate surface area is 156 Å². The molecule has 1 aliphatic heterocycles. The minimum absolute atomic E-state index is 0.257. The zero-order valence-corrected chi connectivity index (χ0v) is 15.6. The van der Waals surface area contributed by atoms with Crippen molar-refractivity contribution in [3.05, 3.63) is 46.4 Å². The van der Waals surface area contributed by atoms with Crippen LogP contribution in [0.3, 0.4) is 0 Å². The lowest BCUT2D eigenvalue weighted by Crippen LogP contribution is -1.92. The van der Waals surface area contributed by atoms with Gasteiger partial charge in [0, 0.05) is 15.8 Å². The molecule has 0 radical (unpaired) electrons. The number of aromatic nitrogens is 2. The molecule has 8 heteroatoms. The molecule has 2 heterocycles. The van der Waals surface area contributed by atoms with Crippen LogP contribution >= 0.6 is 27.7 Å². The lowest BCUT2D eigenvalue weighted by Gasteiger charge is -2.04. The molecule has 0 unspecified atom stereocenters. The van der Waals surface area contributed by atoms with Crippen LogP contribution < -0.4 is 14.2 Å². The van der Waals surface area contributed by atoms with E-state index in [0.29, 0.717) is 16.9 Å². The van der Waals surface area contributed by atoms with E-state index in [1.54, 1.807) is 7.11 Å². The highest BCUT2D eigenvalue weighted by atomic mass is 79.9. The van der Waals surface area contributed by atoms with Crippen LogP contribution in [-0.4, -0.2) is 24.1 Å². The zero-order chi connectivity index (χ0) is 17.2. The number of fused-ring (bicyclic) bond motifs is 1. The van der Waals surface area contributed by atoms with Gasteiger partial charge in [-0.25, -0.2) is 0 Å². The third kappa shape index (κ3) is 3.45. The van der Waals surface area contributed by atoms with E-state index >= 15 is 0 Å². The van der Waals surface area contributed by atoms with E-state index in [4.69, 9.17) is 18.6 Å². The maximum absolute atomic E-state index is 5.73. The van der Waals surface area contributed by atoms with Crippen LogP contribution in [-0.2, 0) is 5.75 Å². The van der Waals surface area contributed by atoms with Crippen molar-refractivity contribution in [2.75, 3.05) is 13.9 Å². The Balaban J connectivity index is 1.46. The van der Waals surface area contributed by atoms with Gasteiger partial charge in [-0.1, -0.05) is 27.7 Å². The highest BCUT2D eigenvalue weighted by Gasteiger charge is 2.17. The van der Waals surface area contributed by atoms with E-state index in [9.17, 15) is 0 Å². The Bertz CT molecular complexity index is 898. The van der Waals surface area contributed by atoms with Crippen molar-refractivity contribution in [3.63, 3.8) is 0 Å². The van der Waals surface area contributed by atoms with Crippen molar-refractivity contribution in [2.24, 2.45) is 0 Å². The van der Waals surface area contributed by atoms with Crippen molar-refractivity contribution in [1.82, 2.24) is 10.2 Å². The normalized spacial score (nSPS) is 12.4. The third-order valence-corrected chi connectivity index (χ3v) is 5.24. The molecule has 4 rings (SSSR count). The molecule has 25 heavy (non-hydrogen) atoms. The Kier molecular flexibility index (Phi) is 4.54. The first-order valence-electron chi connectivity index (χ1n) is 7.41. The molecule has 0 aliphatic carbocycles. The van der Waals surface area contributed by atoms with E-state index in [-0.39, 0.29) is 6.79 Å². The van der Waals surface area contributed by atoms with E-state index in [1.165, 1.54) is 11.8 Å². The van der Waals surface area contributed by atoms with E-state index in [2.05, 4.69) is 26.1 Å². The lowest BCUT2D eigenvalue weighted by molar-refractivity contribution is 0.174. The standard InChI is InChI=1S/C17H13BrN2O4S/c1-21-12-4-2-10(3-5-12)16-19-20-17(24-16)25-8-11-6-14-15(7-13(11)18)23-9-22-14/h2-7H,8-9H2,1H3. The molecule has 0 spiro atoms. The van der Waals surface area contributed by atoms with Gasteiger partial charge in [0.2, 0.25) is 12.7 Å². The monoisotopic (exact) mass is 420 g/mol. The van der Waals surface area contributed by atoms with Crippen LogP contribution in [0.4, 0.5) is 0 Å². The molecule has 128 valence electrons. The fourth-order valence-electron chi connectivity index (χ4n) is 2.33. The molecule has 2 aromatic carbocycles. The summed E-state index contributed by atoms with van der Waals surface area (Å²) in [6.45, 7) is 0.257. The van der Waals surface area contributed by atoms with Gasteiger partial charge in [0.1, 0.15) is 5.75 Å². The lowest BCUT2D eigenvalue weighted by atomic mass is 10.2. The average molecular weight is 421 g/mol. The SMILES string of the molecule is COc1ccc(-c2nnc(SCc3cc4c(cc3Br)OCO4)o2)cc1. The second kappa shape index (κ2) is 6.97. The highest BCUT2D eigenvalue weighted by molar-refractivity contribution is 9.10. The summed E-state index contributed by atoms with van der Waals surface area (Å²) in [7, 11) is 1.63. The Morgan fingerprint density at radius 3 is 2.64 bits per heavy atom. The average Bonchev–Trinajstić information content (AvgIpc) is 3.28. The molecular formula is C17H13BrN2O4S. The van der Waals surface area contributed by atoms with Crippen LogP contribution in [0.5, 0.6) is 17.2 Å². The van der Waals surface area contributed by atoms with Crippen LogP contribution in [0.1, 0.15) is 5.56 Å². The quantitative estimate of drug-likeness (QED) is 0.561. The molecule has 0 N–H and O–H groups in total. The number of ether oxygens (including phenoxy) is 3. The molecule has 1 aromatic heterocycles. The molecule has 0 amide bonds. The summed E-state index contributed by atoms with van der Waals surface area (Å²) in [5, 5.41) is 8.71. The first-order valence-corrected chi connectivity index (χ1v) is 9.19. The summed E-state index contributed by atoms with van der Waals surface area (Å²) >= 11 is 5.02. The van der Waals surface area contributed by atoms with Gasteiger partial charge in [-0.3, -0.25) is 0 Å². The number of nitrogens with zero attached hydrogens (tertiary/aromatic N) is 2. The number of halogens is 1. The summed E-state index contributed by atoms with van der Waals surface area (Å²) < 4.78 is 22.6. The summed E-state index contributed by atoms with van der Waals surface area (Å²) in [6.07, 6.45) is 0. The molecular weight excluding hydrogens is 408 g/mol. The van der Waals surface area contributed by atoms with Crippen molar-refractivity contribution in [2.45, 2.75) is 11.0 Å². The zero-order valence-electron chi connectivity index (χ0n) is 13.2. The van der Waals surface area contributed by atoms with E-state index in [1.807, 2.05) is 36.4 Å². The van der Waals surface area contributed by atoms with Crippen LogP contribution in [0.25, 0.3) is 11.5 Å². The summed E-state index contributed by atoms with van der Waals surface area (Å²) in [4.78, 5) is 0. The first kappa shape index (κ1) is 16.3. The van der Waals surface area contributed by atoms with Crippen LogP contribution in [0, 0.1) is 0 Å². The van der Waals surface area contributed by atoms with E-state index in [0.717, 1.165) is 32.8 Å². The molecule has 0 fully saturated rings. The minimum atomic E-state index is 0.257.